The molecule has 0 aliphatic carbocycles. The van der Waals surface area contributed by atoms with Gasteiger partial charge >= 0.3 is 0 Å². The zero-order valence-corrected chi connectivity index (χ0v) is 12.4. The third kappa shape index (κ3) is 3.81. The molecule has 0 unspecified atom stereocenters. The number of para-hydroxylation sites is 1. The number of benzene rings is 2. The van der Waals surface area contributed by atoms with E-state index in [2.05, 4.69) is 24.0 Å². The van der Waals surface area contributed by atoms with E-state index < -0.39 is 0 Å². The van der Waals surface area contributed by atoms with E-state index in [1.807, 2.05) is 37.3 Å². The third-order valence-electron chi connectivity index (χ3n) is 2.95. The van der Waals surface area contributed by atoms with Crippen molar-refractivity contribution in [3.63, 3.8) is 0 Å². The minimum Gasteiger partial charge on any atom is -0.508 e. The van der Waals surface area contributed by atoms with Gasteiger partial charge in [-0.2, -0.15) is 0 Å². The molecule has 3 heteroatoms. The molecule has 104 valence electrons. The maximum absolute atomic E-state index is 9.87. The molecule has 0 spiro atoms. The van der Waals surface area contributed by atoms with Crippen LogP contribution in [-0.4, -0.2) is 10.9 Å². The van der Waals surface area contributed by atoms with Gasteiger partial charge in [0.25, 0.3) is 0 Å². The van der Waals surface area contributed by atoms with E-state index in [9.17, 15) is 5.11 Å². The summed E-state index contributed by atoms with van der Waals surface area (Å²) in [4.78, 5) is 1.19. The fraction of sp³-hybridized carbons (Fsp3) is 0.176. The standard InChI is InChI=1S/C17H19NOS/c1-3-10-20-17-7-5-4-6-15(17)18-12-14-11-13(2)8-9-16(14)19/h3-9,11,18-19H,1,10,12H2,2H3. The van der Waals surface area contributed by atoms with Crippen molar-refractivity contribution in [2.75, 3.05) is 11.1 Å². The van der Waals surface area contributed by atoms with Crippen molar-refractivity contribution in [2.24, 2.45) is 0 Å². The smallest absolute Gasteiger partial charge is 0.120 e. The number of hydrogen-bond donors (Lipinski definition) is 2. The van der Waals surface area contributed by atoms with Crippen molar-refractivity contribution in [1.29, 1.82) is 0 Å². The Kier molecular flexibility index (Phi) is 5.13. The lowest BCUT2D eigenvalue weighted by Crippen LogP contribution is -2.01. The van der Waals surface area contributed by atoms with Gasteiger partial charge in [0.15, 0.2) is 0 Å². The Bertz CT molecular complexity index is 595. The summed E-state index contributed by atoms with van der Waals surface area (Å²) < 4.78 is 0. The van der Waals surface area contributed by atoms with Gasteiger partial charge in [0, 0.05) is 28.4 Å². The van der Waals surface area contributed by atoms with Gasteiger partial charge in [0.1, 0.15) is 5.75 Å². The van der Waals surface area contributed by atoms with Crippen LogP contribution in [0.2, 0.25) is 0 Å². The van der Waals surface area contributed by atoms with Gasteiger partial charge < -0.3 is 10.4 Å². The van der Waals surface area contributed by atoms with Crippen molar-refractivity contribution in [3.8, 4) is 5.75 Å². The second kappa shape index (κ2) is 7.06. The highest BCUT2D eigenvalue weighted by Gasteiger charge is 2.04. The van der Waals surface area contributed by atoms with Crippen molar-refractivity contribution in [3.05, 3.63) is 66.2 Å². The number of phenolic OH excluding ortho intramolecular Hbond substituents is 1. The molecule has 2 aromatic rings. The molecule has 0 bridgehead atoms. The van der Waals surface area contributed by atoms with Crippen LogP contribution >= 0.6 is 11.8 Å². The molecule has 2 aromatic carbocycles. The lowest BCUT2D eigenvalue weighted by molar-refractivity contribution is 0.469. The normalized spacial score (nSPS) is 10.2. The maximum atomic E-state index is 9.87. The van der Waals surface area contributed by atoms with E-state index in [-0.39, 0.29) is 0 Å². The first-order valence-electron chi connectivity index (χ1n) is 6.56. The minimum atomic E-state index is 0.333. The molecule has 2 N–H and O–H groups in total. The Hall–Kier alpha value is -1.87. The largest absolute Gasteiger partial charge is 0.508 e. The molecule has 0 heterocycles. The molecule has 2 rings (SSSR count). The van der Waals surface area contributed by atoms with Crippen LogP contribution in [0, 0.1) is 6.92 Å². The fourth-order valence-electron chi connectivity index (χ4n) is 1.93. The number of rotatable bonds is 6. The van der Waals surface area contributed by atoms with Crippen LogP contribution in [-0.2, 0) is 6.54 Å². The Labute approximate surface area is 124 Å². The number of hydrogen-bond acceptors (Lipinski definition) is 3. The third-order valence-corrected chi connectivity index (χ3v) is 4.02. The van der Waals surface area contributed by atoms with E-state index in [1.165, 1.54) is 4.90 Å². The Morgan fingerprint density at radius 2 is 2.05 bits per heavy atom. The second-order valence-corrected chi connectivity index (χ2v) is 5.64. The SMILES string of the molecule is C=CCSc1ccccc1NCc1cc(C)ccc1O. The lowest BCUT2D eigenvalue weighted by atomic mass is 10.1. The average Bonchev–Trinajstić information content (AvgIpc) is 2.47. The number of thioether (sulfide) groups is 1. The van der Waals surface area contributed by atoms with Crippen LogP contribution < -0.4 is 5.32 Å². The Balaban J connectivity index is 2.10. The van der Waals surface area contributed by atoms with E-state index in [1.54, 1.807) is 17.8 Å². The Morgan fingerprint density at radius 3 is 2.85 bits per heavy atom. The summed E-state index contributed by atoms with van der Waals surface area (Å²) in [6.45, 7) is 6.38. The highest BCUT2D eigenvalue weighted by molar-refractivity contribution is 7.99. The van der Waals surface area contributed by atoms with Crippen molar-refractivity contribution >= 4 is 17.4 Å². The molecule has 20 heavy (non-hydrogen) atoms. The topological polar surface area (TPSA) is 32.3 Å². The second-order valence-electron chi connectivity index (χ2n) is 4.58. The first-order valence-corrected chi connectivity index (χ1v) is 7.54. The van der Waals surface area contributed by atoms with Crippen LogP contribution in [0.5, 0.6) is 5.75 Å². The molecule has 0 aromatic heterocycles. The fourth-order valence-corrected chi connectivity index (χ4v) is 2.70. The summed E-state index contributed by atoms with van der Waals surface area (Å²) in [6.07, 6.45) is 1.90. The number of aromatic hydroxyl groups is 1. The molecule has 0 atom stereocenters. The first kappa shape index (κ1) is 14.5. The van der Waals surface area contributed by atoms with Gasteiger partial charge in [-0.1, -0.05) is 35.9 Å². The molecule has 0 radical (unpaired) electrons. The molecule has 0 aliphatic heterocycles. The minimum absolute atomic E-state index is 0.333. The van der Waals surface area contributed by atoms with E-state index in [4.69, 9.17) is 0 Å². The molecule has 2 nitrogen and oxygen atoms in total. The maximum Gasteiger partial charge on any atom is 0.120 e. The quantitative estimate of drug-likeness (QED) is 0.601. The average molecular weight is 285 g/mol. The summed E-state index contributed by atoms with van der Waals surface area (Å²) >= 11 is 1.75. The molecular weight excluding hydrogens is 266 g/mol. The van der Waals surface area contributed by atoms with Crippen molar-refractivity contribution in [1.82, 2.24) is 0 Å². The van der Waals surface area contributed by atoms with Crippen LogP contribution in [0.3, 0.4) is 0 Å². The van der Waals surface area contributed by atoms with Crippen LogP contribution in [0.15, 0.2) is 60.0 Å². The predicted octanol–water partition coefficient (Wildman–Crippen LogP) is 4.59. The molecule has 0 saturated heterocycles. The van der Waals surface area contributed by atoms with E-state index >= 15 is 0 Å². The summed E-state index contributed by atoms with van der Waals surface area (Å²) in [5.41, 5.74) is 3.14. The molecule has 0 aliphatic rings. The predicted molar refractivity (Wildman–Crippen MR) is 87.5 cm³/mol. The molecular formula is C17H19NOS. The number of phenols is 1. The van der Waals surface area contributed by atoms with Gasteiger partial charge in [0.2, 0.25) is 0 Å². The zero-order valence-electron chi connectivity index (χ0n) is 11.6. The van der Waals surface area contributed by atoms with Crippen molar-refractivity contribution in [2.45, 2.75) is 18.4 Å². The van der Waals surface area contributed by atoms with E-state index in [0.717, 1.165) is 22.6 Å². The highest BCUT2D eigenvalue weighted by atomic mass is 32.2. The lowest BCUT2D eigenvalue weighted by Gasteiger charge is -2.12. The summed E-state index contributed by atoms with van der Waals surface area (Å²) in [7, 11) is 0. The summed E-state index contributed by atoms with van der Waals surface area (Å²) in [6, 6.07) is 13.8. The van der Waals surface area contributed by atoms with Crippen LogP contribution in [0.4, 0.5) is 5.69 Å². The van der Waals surface area contributed by atoms with E-state index in [0.29, 0.717) is 12.3 Å². The molecule has 0 amide bonds. The number of nitrogens with one attached hydrogen (secondary N) is 1. The molecule has 0 fully saturated rings. The summed E-state index contributed by atoms with van der Waals surface area (Å²) in [5.74, 6) is 1.22. The van der Waals surface area contributed by atoms with Gasteiger partial charge in [-0.3, -0.25) is 0 Å². The zero-order chi connectivity index (χ0) is 14.4. The monoisotopic (exact) mass is 285 g/mol. The van der Waals surface area contributed by atoms with Crippen molar-refractivity contribution < 1.29 is 5.11 Å². The summed E-state index contributed by atoms with van der Waals surface area (Å²) in [5, 5.41) is 13.3. The number of anilines is 1. The van der Waals surface area contributed by atoms with Gasteiger partial charge in [0.05, 0.1) is 0 Å². The molecule has 0 saturated carbocycles. The van der Waals surface area contributed by atoms with Crippen LogP contribution in [0.25, 0.3) is 0 Å². The van der Waals surface area contributed by atoms with Gasteiger partial charge in [-0.15, -0.1) is 18.3 Å². The number of aryl methyl sites for hydroxylation is 1. The highest BCUT2D eigenvalue weighted by Crippen LogP contribution is 2.28. The van der Waals surface area contributed by atoms with Gasteiger partial charge in [-0.25, -0.2) is 0 Å². The van der Waals surface area contributed by atoms with Crippen LogP contribution in [0.1, 0.15) is 11.1 Å². The Morgan fingerprint density at radius 1 is 1.25 bits per heavy atom. The first-order chi connectivity index (χ1) is 9.70. The van der Waals surface area contributed by atoms with Gasteiger partial charge in [-0.05, 0) is 25.1 Å².